The van der Waals surface area contributed by atoms with Crippen LogP contribution in [0.2, 0.25) is 5.02 Å². The van der Waals surface area contributed by atoms with Gasteiger partial charge in [-0.1, -0.05) is 18.0 Å². The van der Waals surface area contributed by atoms with Crippen LogP contribution in [-0.4, -0.2) is 17.1 Å². The van der Waals surface area contributed by atoms with Gasteiger partial charge in [-0.15, -0.1) is 11.3 Å². The Morgan fingerprint density at radius 3 is 2.91 bits per heavy atom. The molecule has 111 valence electrons. The number of hydrogen-bond donors (Lipinski definition) is 0. The van der Waals surface area contributed by atoms with E-state index >= 15 is 0 Å². The topological polar surface area (TPSA) is 35.0 Å². The number of hydrogen-bond acceptors (Lipinski definition) is 4. The monoisotopic (exact) mass is 329 g/mol. The summed E-state index contributed by atoms with van der Waals surface area (Å²) < 4.78 is 5.26. The molecule has 0 unspecified atom stereocenters. The number of aromatic nitrogens is 2. The number of fused-ring (bicyclic) bond motifs is 1. The molecule has 4 rings (SSSR count). The Morgan fingerprint density at radius 1 is 1.32 bits per heavy atom. The summed E-state index contributed by atoms with van der Waals surface area (Å²) in [5, 5.41) is 4.48. The molecule has 0 bridgehead atoms. The largest absolute Gasteiger partial charge is 0.495 e. The van der Waals surface area contributed by atoms with Gasteiger partial charge < -0.3 is 4.74 Å². The molecule has 0 aliphatic heterocycles. The minimum Gasteiger partial charge on any atom is -0.495 e. The third-order valence-electron chi connectivity index (χ3n) is 4.16. The average molecular weight is 330 g/mol. The normalized spacial score (nSPS) is 15.0. The molecule has 0 atom stereocenters. The zero-order valence-corrected chi connectivity index (χ0v) is 13.7. The lowest BCUT2D eigenvalue weighted by Gasteiger charge is -2.22. The first-order chi connectivity index (χ1) is 10.8. The number of pyridine rings is 1. The lowest BCUT2D eigenvalue weighted by molar-refractivity contribution is 0.413. The van der Waals surface area contributed by atoms with Crippen LogP contribution < -0.4 is 4.74 Å². The number of benzene rings is 1. The second kappa shape index (κ2) is 5.52. The molecule has 1 aliphatic carbocycles. The van der Waals surface area contributed by atoms with E-state index in [2.05, 4.69) is 16.4 Å². The summed E-state index contributed by atoms with van der Waals surface area (Å²) in [5.74, 6) is 1.26. The molecule has 1 fully saturated rings. The van der Waals surface area contributed by atoms with E-state index in [0.717, 1.165) is 16.1 Å². The molecule has 3 aromatic rings. The smallest absolute Gasteiger partial charge is 0.142 e. The SMILES string of the molecule is COc1ccc2[c]cc(-c3nc(C4CCC4)cs3)nc2c1Cl. The molecule has 1 aliphatic rings. The van der Waals surface area contributed by atoms with Gasteiger partial charge in [-0.05, 0) is 37.1 Å². The number of rotatable bonds is 3. The number of halogens is 1. The van der Waals surface area contributed by atoms with Crippen LogP contribution in [0, 0.1) is 6.07 Å². The van der Waals surface area contributed by atoms with Gasteiger partial charge >= 0.3 is 0 Å². The lowest BCUT2D eigenvalue weighted by atomic mass is 9.83. The summed E-state index contributed by atoms with van der Waals surface area (Å²) in [7, 11) is 1.60. The first kappa shape index (κ1) is 14.0. The third-order valence-corrected chi connectivity index (χ3v) is 5.41. The molecule has 0 amide bonds. The zero-order valence-electron chi connectivity index (χ0n) is 12.1. The van der Waals surface area contributed by atoms with Crippen LogP contribution in [0.5, 0.6) is 5.75 Å². The van der Waals surface area contributed by atoms with Crippen molar-refractivity contribution in [3.05, 3.63) is 40.4 Å². The highest BCUT2D eigenvalue weighted by Crippen LogP contribution is 2.38. The van der Waals surface area contributed by atoms with Crippen molar-refractivity contribution in [2.45, 2.75) is 25.2 Å². The fraction of sp³-hybridized carbons (Fsp3) is 0.294. The summed E-state index contributed by atoms with van der Waals surface area (Å²) in [6.45, 7) is 0. The molecule has 1 aromatic carbocycles. The minimum atomic E-state index is 0.522. The minimum absolute atomic E-state index is 0.522. The van der Waals surface area contributed by atoms with Crippen molar-refractivity contribution in [3.63, 3.8) is 0 Å². The molecular formula is C17H14ClN2OS. The maximum Gasteiger partial charge on any atom is 0.142 e. The highest BCUT2D eigenvalue weighted by Gasteiger charge is 2.22. The number of thiazole rings is 1. The van der Waals surface area contributed by atoms with E-state index < -0.39 is 0 Å². The molecule has 3 nitrogen and oxygen atoms in total. The van der Waals surface area contributed by atoms with Gasteiger partial charge in [-0.2, -0.15) is 0 Å². The van der Waals surface area contributed by atoms with Crippen LogP contribution in [0.4, 0.5) is 0 Å². The van der Waals surface area contributed by atoms with E-state index in [4.69, 9.17) is 21.3 Å². The Labute approximate surface area is 137 Å². The molecular weight excluding hydrogens is 316 g/mol. The van der Waals surface area contributed by atoms with Crippen LogP contribution in [-0.2, 0) is 0 Å². The van der Waals surface area contributed by atoms with Crippen molar-refractivity contribution >= 4 is 33.8 Å². The van der Waals surface area contributed by atoms with Gasteiger partial charge in [0.05, 0.1) is 18.3 Å². The van der Waals surface area contributed by atoms with Gasteiger partial charge in [-0.3, -0.25) is 0 Å². The summed E-state index contributed by atoms with van der Waals surface area (Å²) in [6.07, 6.45) is 3.82. The van der Waals surface area contributed by atoms with Crippen molar-refractivity contribution in [1.29, 1.82) is 0 Å². The van der Waals surface area contributed by atoms with Crippen LogP contribution in [0.15, 0.2) is 23.6 Å². The first-order valence-corrected chi connectivity index (χ1v) is 8.53. The van der Waals surface area contributed by atoms with E-state index in [1.165, 1.54) is 25.0 Å². The van der Waals surface area contributed by atoms with Crippen molar-refractivity contribution in [2.24, 2.45) is 0 Å². The number of nitrogens with zero attached hydrogens (tertiary/aromatic N) is 2. The average Bonchev–Trinajstić information content (AvgIpc) is 2.95. The highest BCUT2D eigenvalue weighted by molar-refractivity contribution is 7.13. The molecule has 1 radical (unpaired) electrons. The molecule has 0 saturated heterocycles. The number of methoxy groups -OCH3 is 1. The van der Waals surface area contributed by atoms with Crippen LogP contribution >= 0.6 is 22.9 Å². The first-order valence-electron chi connectivity index (χ1n) is 7.27. The predicted octanol–water partition coefficient (Wildman–Crippen LogP) is 5.09. The van der Waals surface area contributed by atoms with Gasteiger partial charge in [0.2, 0.25) is 0 Å². The molecule has 22 heavy (non-hydrogen) atoms. The lowest BCUT2D eigenvalue weighted by Crippen LogP contribution is -2.08. The maximum atomic E-state index is 6.36. The van der Waals surface area contributed by atoms with Gasteiger partial charge in [0, 0.05) is 16.7 Å². The fourth-order valence-corrected chi connectivity index (χ4v) is 3.78. The van der Waals surface area contributed by atoms with Crippen molar-refractivity contribution in [3.8, 4) is 16.5 Å². The third kappa shape index (κ3) is 2.27. The molecule has 0 N–H and O–H groups in total. The van der Waals surface area contributed by atoms with E-state index in [-0.39, 0.29) is 0 Å². The van der Waals surface area contributed by atoms with Crippen molar-refractivity contribution < 1.29 is 4.74 Å². The quantitative estimate of drug-likeness (QED) is 0.671. The molecule has 0 spiro atoms. The second-order valence-electron chi connectivity index (χ2n) is 5.47. The van der Waals surface area contributed by atoms with Gasteiger partial charge in [0.1, 0.15) is 21.5 Å². The van der Waals surface area contributed by atoms with Crippen LogP contribution in [0.25, 0.3) is 21.6 Å². The highest BCUT2D eigenvalue weighted by atomic mass is 35.5. The fourth-order valence-electron chi connectivity index (χ4n) is 2.63. The molecule has 5 heteroatoms. The Morgan fingerprint density at radius 2 is 2.18 bits per heavy atom. The van der Waals surface area contributed by atoms with E-state index in [9.17, 15) is 0 Å². The van der Waals surface area contributed by atoms with Crippen molar-refractivity contribution in [1.82, 2.24) is 9.97 Å². The van der Waals surface area contributed by atoms with Crippen LogP contribution in [0.1, 0.15) is 30.9 Å². The van der Waals surface area contributed by atoms with Gasteiger partial charge in [-0.25, -0.2) is 9.97 Å². The molecule has 2 aromatic heterocycles. The zero-order chi connectivity index (χ0) is 15.1. The van der Waals surface area contributed by atoms with Gasteiger partial charge in [0.15, 0.2) is 0 Å². The van der Waals surface area contributed by atoms with Crippen LogP contribution in [0.3, 0.4) is 0 Å². The molecule has 2 heterocycles. The Balaban J connectivity index is 1.78. The van der Waals surface area contributed by atoms with Crippen molar-refractivity contribution in [2.75, 3.05) is 7.11 Å². The summed E-state index contributed by atoms with van der Waals surface area (Å²) >= 11 is 8.00. The number of ether oxygens (including phenoxy) is 1. The van der Waals surface area contributed by atoms with E-state index in [1.54, 1.807) is 18.4 Å². The van der Waals surface area contributed by atoms with E-state index in [1.807, 2.05) is 18.2 Å². The van der Waals surface area contributed by atoms with E-state index in [0.29, 0.717) is 22.2 Å². The summed E-state index contributed by atoms with van der Waals surface area (Å²) in [5.41, 5.74) is 2.72. The second-order valence-corrected chi connectivity index (χ2v) is 6.71. The maximum absolute atomic E-state index is 6.36. The summed E-state index contributed by atoms with van der Waals surface area (Å²) in [6, 6.07) is 8.87. The summed E-state index contributed by atoms with van der Waals surface area (Å²) in [4.78, 5) is 9.42. The van der Waals surface area contributed by atoms with Gasteiger partial charge in [0.25, 0.3) is 0 Å². The predicted molar refractivity (Wildman–Crippen MR) is 89.8 cm³/mol. The molecule has 1 saturated carbocycles. The Kier molecular flexibility index (Phi) is 3.51. The standard InChI is InChI=1S/C17H14ClN2OS/c1-21-14-8-6-11-5-7-12(19-16(11)15(14)18)17-20-13(9-22-17)10-3-2-4-10/h6-10H,2-4H2,1H3. The Bertz CT molecular complexity index is 842. The Hall–Kier alpha value is -1.65.